The molecule has 4 atom stereocenters. The van der Waals surface area contributed by atoms with Crippen LogP contribution in [-0.4, -0.2) is 39.4 Å². The van der Waals surface area contributed by atoms with E-state index in [4.69, 9.17) is 0 Å². The molecule has 4 rings (SSSR count). The number of amides is 3. The molecule has 132 valence electrons. The lowest BCUT2D eigenvalue weighted by Crippen LogP contribution is -2.39. The number of hydrogen-bond donors (Lipinski definition) is 1. The van der Waals surface area contributed by atoms with E-state index < -0.39 is 47.3 Å². The van der Waals surface area contributed by atoms with Gasteiger partial charge in [0.1, 0.15) is 6.54 Å². The number of nitrogens with zero attached hydrogens (tertiary/aromatic N) is 3. The van der Waals surface area contributed by atoms with Gasteiger partial charge in [0.05, 0.1) is 11.8 Å². The number of hydrogen-bond acceptors (Lipinski definition) is 6. The van der Waals surface area contributed by atoms with Gasteiger partial charge in [-0.3, -0.25) is 24.6 Å². The third-order valence-electron chi connectivity index (χ3n) is 4.78. The van der Waals surface area contributed by atoms with Crippen LogP contribution in [0, 0.1) is 23.7 Å². The molecule has 0 aromatic carbocycles. The fourth-order valence-electron chi connectivity index (χ4n) is 3.81. The number of anilines is 1. The number of imide groups is 1. The maximum atomic E-state index is 12.5. The Morgan fingerprint density at radius 3 is 2.32 bits per heavy atom. The second-order valence-corrected chi connectivity index (χ2v) is 7.20. The number of alkyl halides is 3. The van der Waals surface area contributed by atoms with E-state index in [1.807, 2.05) is 12.2 Å². The van der Waals surface area contributed by atoms with E-state index in [0.717, 1.165) is 11.3 Å². The summed E-state index contributed by atoms with van der Waals surface area (Å²) in [5.41, 5.74) is 0. The predicted molar refractivity (Wildman–Crippen MR) is 78.0 cm³/mol. The Kier molecular flexibility index (Phi) is 3.46. The highest BCUT2D eigenvalue weighted by Crippen LogP contribution is 2.52. The van der Waals surface area contributed by atoms with Gasteiger partial charge in [0.2, 0.25) is 27.9 Å². The maximum absolute atomic E-state index is 12.5. The van der Waals surface area contributed by atoms with Crippen LogP contribution in [0.3, 0.4) is 0 Å². The van der Waals surface area contributed by atoms with Crippen LogP contribution >= 0.6 is 11.3 Å². The molecule has 1 saturated carbocycles. The fraction of sp³-hybridized carbons (Fsp3) is 0.500. The number of allylic oxidation sites excluding steroid dienone is 2. The number of fused-ring (bicyclic) bond motifs is 5. The molecule has 2 bridgehead atoms. The van der Waals surface area contributed by atoms with Crippen molar-refractivity contribution in [3.63, 3.8) is 0 Å². The minimum Gasteiger partial charge on any atom is -0.299 e. The lowest BCUT2D eigenvalue weighted by molar-refractivity contribution is -0.143. The standard InChI is InChI=1S/C14H11F3N4O3S/c15-14(16,17)12-19-20-13(25-12)18-7(22)4-21-10(23)8-5-1-2-6(3-5)9(8)11(21)24/h1-2,5-6,8-9H,3-4H2,(H,18,20,22)/t5-,6+,8-,9-/m1/s1. The van der Waals surface area contributed by atoms with Crippen LogP contribution in [0.15, 0.2) is 12.2 Å². The zero-order valence-corrected chi connectivity index (χ0v) is 13.3. The minimum absolute atomic E-state index is 0.0250. The molecule has 1 N–H and O–H groups in total. The van der Waals surface area contributed by atoms with Crippen LogP contribution in [0.1, 0.15) is 11.4 Å². The molecule has 0 unspecified atom stereocenters. The number of rotatable bonds is 3. The van der Waals surface area contributed by atoms with Gasteiger partial charge in [0, 0.05) is 0 Å². The molecule has 3 aliphatic rings. The zero-order chi connectivity index (χ0) is 17.9. The molecule has 25 heavy (non-hydrogen) atoms. The molecule has 1 saturated heterocycles. The van der Waals surface area contributed by atoms with E-state index in [-0.39, 0.29) is 28.3 Å². The molecule has 0 radical (unpaired) electrons. The molecule has 2 fully saturated rings. The number of nitrogens with one attached hydrogen (secondary N) is 1. The number of aromatic nitrogens is 2. The summed E-state index contributed by atoms with van der Waals surface area (Å²) in [6, 6.07) is 0. The smallest absolute Gasteiger partial charge is 0.299 e. The van der Waals surface area contributed by atoms with Gasteiger partial charge < -0.3 is 0 Å². The van der Waals surface area contributed by atoms with Gasteiger partial charge in [-0.25, -0.2) is 0 Å². The van der Waals surface area contributed by atoms with E-state index in [2.05, 4.69) is 15.5 Å². The van der Waals surface area contributed by atoms with Crippen molar-refractivity contribution in [3.8, 4) is 0 Å². The molecule has 0 spiro atoms. The predicted octanol–water partition coefficient (Wildman–Crippen LogP) is 1.30. The lowest BCUT2D eigenvalue weighted by atomic mass is 9.85. The second kappa shape index (κ2) is 5.35. The Morgan fingerprint density at radius 2 is 1.80 bits per heavy atom. The number of carbonyl (C=O) groups is 3. The average Bonchev–Trinajstić information content (AvgIpc) is 3.27. The van der Waals surface area contributed by atoms with Crippen molar-refractivity contribution < 1.29 is 27.6 Å². The number of halogens is 3. The summed E-state index contributed by atoms with van der Waals surface area (Å²) < 4.78 is 37.4. The highest BCUT2D eigenvalue weighted by molar-refractivity contribution is 7.15. The van der Waals surface area contributed by atoms with Crippen LogP contribution in [0.2, 0.25) is 0 Å². The zero-order valence-electron chi connectivity index (χ0n) is 12.5. The Bertz CT molecular complexity index is 775. The molecular weight excluding hydrogens is 361 g/mol. The second-order valence-electron chi connectivity index (χ2n) is 6.22. The van der Waals surface area contributed by atoms with Crippen molar-refractivity contribution in [2.75, 3.05) is 11.9 Å². The lowest BCUT2D eigenvalue weighted by Gasteiger charge is -2.16. The molecular formula is C14H11F3N4O3S. The highest BCUT2D eigenvalue weighted by Gasteiger charge is 2.59. The van der Waals surface area contributed by atoms with E-state index in [1.54, 1.807) is 0 Å². The minimum atomic E-state index is -4.65. The van der Waals surface area contributed by atoms with Gasteiger partial charge in [0.15, 0.2) is 0 Å². The molecule has 7 nitrogen and oxygen atoms in total. The first-order chi connectivity index (χ1) is 11.8. The third-order valence-corrected chi connectivity index (χ3v) is 5.66. The Balaban J connectivity index is 1.43. The Labute approximate surface area is 142 Å². The van der Waals surface area contributed by atoms with Crippen molar-refractivity contribution >= 4 is 34.2 Å². The Morgan fingerprint density at radius 1 is 1.20 bits per heavy atom. The van der Waals surface area contributed by atoms with E-state index in [1.165, 1.54) is 0 Å². The normalized spacial score (nSPS) is 30.3. The number of carbonyl (C=O) groups excluding carboxylic acids is 3. The van der Waals surface area contributed by atoms with Crippen LogP contribution in [0.25, 0.3) is 0 Å². The SMILES string of the molecule is O=C(CN1C(=O)[C@H]2[C@H](C1=O)[C@H]1C=C[C@@H]2C1)Nc1nnc(C(F)(F)F)s1. The van der Waals surface area contributed by atoms with Gasteiger partial charge in [-0.2, -0.15) is 13.2 Å². The first-order valence-electron chi connectivity index (χ1n) is 7.50. The summed E-state index contributed by atoms with van der Waals surface area (Å²) in [6.45, 7) is -0.537. The number of likely N-dealkylation sites (tertiary alicyclic amines) is 1. The van der Waals surface area contributed by atoms with Gasteiger partial charge in [0.25, 0.3) is 0 Å². The summed E-state index contributed by atoms with van der Waals surface area (Å²) in [5.74, 6) is -2.37. The highest BCUT2D eigenvalue weighted by atomic mass is 32.1. The molecule has 11 heteroatoms. The quantitative estimate of drug-likeness (QED) is 0.638. The van der Waals surface area contributed by atoms with E-state index >= 15 is 0 Å². The largest absolute Gasteiger partial charge is 0.445 e. The van der Waals surface area contributed by atoms with Crippen LogP contribution in [0.5, 0.6) is 0 Å². The van der Waals surface area contributed by atoms with Crippen molar-refractivity contribution in [1.29, 1.82) is 0 Å². The van der Waals surface area contributed by atoms with Gasteiger partial charge in [-0.05, 0) is 18.3 Å². The average molecular weight is 372 g/mol. The first kappa shape index (κ1) is 16.2. The van der Waals surface area contributed by atoms with Gasteiger partial charge in [-0.15, -0.1) is 10.2 Å². The monoisotopic (exact) mass is 372 g/mol. The van der Waals surface area contributed by atoms with E-state index in [0.29, 0.717) is 0 Å². The van der Waals surface area contributed by atoms with Crippen molar-refractivity contribution in [2.24, 2.45) is 23.7 Å². The van der Waals surface area contributed by atoms with Crippen LogP contribution in [0.4, 0.5) is 18.3 Å². The molecule has 1 aromatic rings. The van der Waals surface area contributed by atoms with Crippen molar-refractivity contribution in [1.82, 2.24) is 15.1 Å². The molecule has 1 aliphatic heterocycles. The summed E-state index contributed by atoms with van der Waals surface area (Å²) >= 11 is 0.178. The van der Waals surface area contributed by atoms with Crippen LogP contribution < -0.4 is 5.32 Å². The maximum Gasteiger partial charge on any atom is 0.445 e. The summed E-state index contributed by atoms with van der Waals surface area (Å²) in [4.78, 5) is 37.7. The fourth-order valence-corrected chi connectivity index (χ4v) is 4.44. The molecule has 3 amide bonds. The summed E-state index contributed by atoms with van der Waals surface area (Å²) in [5, 5.41) is 6.82. The van der Waals surface area contributed by atoms with Gasteiger partial charge >= 0.3 is 6.18 Å². The van der Waals surface area contributed by atoms with E-state index in [9.17, 15) is 27.6 Å². The van der Waals surface area contributed by atoms with Crippen molar-refractivity contribution in [3.05, 3.63) is 17.2 Å². The molecule has 2 heterocycles. The topological polar surface area (TPSA) is 92.3 Å². The molecule has 2 aliphatic carbocycles. The molecule has 1 aromatic heterocycles. The van der Waals surface area contributed by atoms with Crippen molar-refractivity contribution in [2.45, 2.75) is 12.6 Å². The summed E-state index contributed by atoms with van der Waals surface area (Å²) in [7, 11) is 0. The van der Waals surface area contributed by atoms with Gasteiger partial charge in [-0.1, -0.05) is 23.5 Å². The first-order valence-corrected chi connectivity index (χ1v) is 8.31. The summed E-state index contributed by atoms with van der Waals surface area (Å²) in [6.07, 6.45) is -0.00984. The van der Waals surface area contributed by atoms with Crippen LogP contribution in [-0.2, 0) is 20.6 Å². The third kappa shape index (κ3) is 2.53. The Hall–Kier alpha value is -2.30.